The predicted molar refractivity (Wildman–Crippen MR) is 83.8 cm³/mol. The minimum absolute atomic E-state index is 0.841. The number of hydrogen-bond acceptors (Lipinski definition) is 3. The second kappa shape index (κ2) is 5.56. The molecule has 0 atom stereocenters. The molecule has 0 saturated carbocycles. The number of ether oxygens (including phenoxy) is 1. The number of aromatic nitrogens is 3. The number of imidazole rings is 1. The van der Waals surface area contributed by atoms with Gasteiger partial charge in [-0.1, -0.05) is 6.07 Å². The molecule has 4 heteroatoms. The van der Waals surface area contributed by atoms with Gasteiger partial charge in [0.1, 0.15) is 11.6 Å². The molecule has 4 nitrogen and oxygen atoms in total. The van der Waals surface area contributed by atoms with Crippen molar-refractivity contribution in [2.24, 2.45) is 0 Å². The Balaban J connectivity index is 1.78. The van der Waals surface area contributed by atoms with Gasteiger partial charge in [0.15, 0.2) is 0 Å². The Morgan fingerprint density at radius 3 is 2.76 bits per heavy atom. The zero-order chi connectivity index (χ0) is 14.8. The summed E-state index contributed by atoms with van der Waals surface area (Å²) in [5, 5.41) is 0. The van der Waals surface area contributed by atoms with Gasteiger partial charge in [-0.2, -0.15) is 0 Å². The molecule has 0 unspecified atom stereocenters. The average Bonchev–Trinajstić information content (AvgIpc) is 2.88. The van der Waals surface area contributed by atoms with Gasteiger partial charge in [-0.15, -0.1) is 0 Å². The molecule has 0 aliphatic carbocycles. The number of aryl methyl sites for hydroxylation is 4. The summed E-state index contributed by atoms with van der Waals surface area (Å²) in [7, 11) is 1.67. The molecule has 108 valence electrons. The first-order valence-corrected chi connectivity index (χ1v) is 7.10. The van der Waals surface area contributed by atoms with Gasteiger partial charge in [-0.05, 0) is 43.5 Å². The van der Waals surface area contributed by atoms with Gasteiger partial charge in [0, 0.05) is 24.4 Å². The third-order valence-corrected chi connectivity index (χ3v) is 3.66. The summed E-state index contributed by atoms with van der Waals surface area (Å²) < 4.78 is 5.23. The number of fused-ring (bicyclic) bond motifs is 1. The highest BCUT2D eigenvalue weighted by Gasteiger charge is 2.06. The fraction of sp³-hybridized carbons (Fsp3) is 0.294. The number of methoxy groups -OCH3 is 1. The molecule has 3 aromatic rings. The first kappa shape index (κ1) is 13.6. The van der Waals surface area contributed by atoms with Crippen LogP contribution in [0.15, 0.2) is 30.5 Å². The molecule has 21 heavy (non-hydrogen) atoms. The van der Waals surface area contributed by atoms with Gasteiger partial charge in [0.2, 0.25) is 0 Å². The smallest absolute Gasteiger partial charge is 0.121 e. The topological polar surface area (TPSA) is 50.8 Å². The third-order valence-electron chi connectivity index (χ3n) is 3.66. The lowest BCUT2D eigenvalue weighted by Crippen LogP contribution is -1.99. The monoisotopic (exact) mass is 281 g/mol. The van der Waals surface area contributed by atoms with Crippen molar-refractivity contribution in [1.82, 2.24) is 15.0 Å². The molecule has 1 N–H and O–H groups in total. The SMILES string of the molecule is COc1ccc2nc(CCc3ncc(C)cc3C)[nH]c2c1. The van der Waals surface area contributed by atoms with Crippen LogP contribution in [0, 0.1) is 13.8 Å². The largest absolute Gasteiger partial charge is 0.497 e. The number of nitrogens with zero attached hydrogens (tertiary/aromatic N) is 2. The first-order valence-electron chi connectivity index (χ1n) is 7.10. The Bertz CT molecular complexity index is 777. The van der Waals surface area contributed by atoms with Crippen molar-refractivity contribution in [1.29, 1.82) is 0 Å². The van der Waals surface area contributed by atoms with Crippen LogP contribution in [0.1, 0.15) is 22.6 Å². The van der Waals surface area contributed by atoms with Gasteiger partial charge in [0.25, 0.3) is 0 Å². The van der Waals surface area contributed by atoms with E-state index >= 15 is 0 Å². The van der Waals surface area contributed by atoms with Crippen molar-refractivity contribution >= 4 is 11.0 Å². The van der Waals surface area contributed by atoms with E-state index in [1.807, 2.05) is 24.4 Å². The van der Waals surface area contributed by atoms with Gasteiger partial charge >= 0.3 is 0 Å². The molecular weight excluding hydrogens is 262 g/mol. The molecule has 0 saturated heterocycles. The molecule has 0 aliphatic heterocycles. The highest BCUT2D eigenvalue weighted by Crippen LogP contribution is 2.19. The maximum absolute atomic E-state index is 5.23. The third kappa shape index (κ3) is 2.89. The molecule has 0 aliphatic rings. The van der Waals surface area contributed by atoms with Crippen LogP contribution in [-0.4, -0.2) is 22.1 Å². The van der Waals surface area contributed by atoms with Crippen molar-refractivity contribution in [3.05, 3.63) is 53.1 Å². The molecule has 1 aromatic carbocycles. The molecular formula is C17H19N3O. The number of pyridine rings is 1. The van der Waals surface area contributed by atoms with Crippen LogP contribution < -0.4 is 4.74 Å². The fourth-order valence-electron chi connectivity index (χ4n) is 2.53. The molecule has 2 heterocycles. The second-order valence-electron chi connectivity index (χ2n) is 5.34. The van der Waals surface area contributed by atoms with Gasteiger partial charge in [0.05, 0.1) is 18.1 Å². The van der Waals surface area contributed by atoms with Crippen LogP contribution in [0.4, 0.5) is 0 Å². The lowest BCUT2D eigenvalue weighted by Gasteiger charge is -2.04. The molecule has 0 bridgehead atoms. The average molecular weight is 281 g/mol. The first-order chi connectivity index (χ1) is 10.2. The Labute approximate surface area is 124 Å². The molecule has 3 rings (SSSR count). The van der Waals surface area contributed by atoms with Crippen molar-refractivity contribution in [2.75, 3.05) is 7.11 Å². The lowest BCUT2D eigenvalue weighted by molar-refractivity contribution is 0.415. The van der Waals surface area contributed by atoms with Crippen molar-refractivity contribution in [3.63, 3.8) is 0 Å². The minimum Gasteiger partial charge on any atom is -0.497 e. The van der Waals surface area contributed by atoms with Crippen LogP contribution >= 0.6 is 0 Å². The van der Waals surface area contributed by atoms with E-state index in [1.54, 1.807) is 7.11 Å². The van der Waals surface area contributed by atoms with E-state index < -0.39 is 0 Å². The van der Waals surface area contributed by atoms with Crippen LogP contribution in [-0.2, 0) is 12.8 Å². The zero-order valence-corrected chi connectivity index (χ0v) is 12.6. The number of nitrogens with one attached hydrogen (secondary N) is 1. The Morgan fingerprint density at radius 2 is 2.00 bits per heavy atom. The fourth-order valence-corrected chi connectivity index (χ4v) is 2.53. The van der Waals surface area contributed by atoms with E-state index in [0.717, 1.165) is 41.1 Å². The summed E-state index contributed by atoms with van der Waals surface area (Å²) in [6.07, 6.45) is 3.67. The van der Waals surface area contributed by atoms with Crippen molar-refractivity contribution in [3.8, 4) is 5.75 Å². The van der Waals surface area contributed by atoms with Gasteiger partial charge < -0.3 is 9.72 Å². The van der Waals surface area contributed by atoms with E-state index in [9.17, 15) is 0 Å². The summed E-state index contributed by atoms with van der Waals surface area (Å²) in [5.74, 6) is 1.83. The summed E-state index contributed by atoms with van der Waals surface area (Å²) in [4.78, 5) is 12.5. The molecule has 2 aromatic heterocycles. The Hall–Kier alpha value is -2.36. The maximum atomic E-state index is 5.23. The van der Waals surface area contributed by atoms with Gasteiger partial charge in [-0.3, -0.25) is 4.98 Å². The van der Waals surface area contributed by atoms with E-state index in [0.29, 0.717) is 0 Å². The van der Waals surface area contributed by atoms with Crippen LogP contribution in [0.25, 0.3) is 11.0 Å². The van der Waals surface area contributed by atoms with Crippen LogP contribution in [0.3, 0.4) is 0 Å². The number of aromatic amines is 1. The predicted octanol–water partition coefficient (Wildman–Crippen LogP) is 3.37. The van der Waals surface area contributed by atoms with Crippen LogP contribution in [0.5, 0.6) is 5.75 Å². The lowest BCUT2D eigenvalue weighted by atomic mass is 10.1. The van der Waals surface area contributed by atoms with Gasteiger partial charge in [-0.25, -0.2) is 4.98 Å². The molecule has 0 fully saturated rings. The normalized spacial score (nSPS) is 11.0. The second-order valence-corrected chi connectivity index (χ2v) is 5.34. The Kier molecular flexibility index (Phi) is 3.60. The van der Waals surface area contributed by atoms with E-state index in [1.165, 1.54) is 11.1 Å². The van der Waals surface area contributed by atoms with Crippen molar-refractivity contribution < 1.29 is 4.74 Å². The quantitative estimate of drug-likeness (QED) is 0.797. The number of H-pyrrole nitrogens is 1. The number of hydrogen-bond donors (Lipinski definition) is 1. The number of rotatable bonds is 4. The standard InChI is InChI=1S/C17H19N3O/c1-11-8-12(2)14(18-10-11)6-7-17-19-15-5-4-13(21-3)9-16(15)20-17/h4-5,8-10H,6-7H2,1-3H3,(H,19,20). The molecule has 0 amide bonds. The maximum Gasteiger partial charge on any atom is 0.121 e. The summed E-state index contributed by atoms with van der Waals surface area (Å²) in [6.45, 7) is 4.18. The van der Waals surface area contributed by atoms with E-state index in [2.05, 4.69) is 34.9 Å². The van der Waals surface area contributed by atoms with E-state index in [-0.39, 0.29) is 0 Å². The molecule has 0 spiro atoms. The summed E-state index contributed by atoms with van der Waals surface area (Å²) in [6, 6.07) is 8.05. The van der Waals surface area contributed by atoms with Crippen LogP contribution in [0.2, 0.25) is 0 Å². The van der Waals surface area contributed by atoms with E-state index in [4.69, 9.17) is 4.74 Å². The zero-order valence-electron chi connectivity index (χ0n) is 12.6. The Morgan fingerprint density at radius 1 is 1.14 bits per heavy atom. The number of benzene rings is 1. The highest BCUT2D eigenvalue weighted by atomic mass is 16.5. The minimum atomic E-state index is 0.841. The summed E-state index contributed by atoms with van der Waals surface area (Å²) >= 11 is 0. The molecule has 0 radical (unpaired) electrons. The summed E-state index contributed by atoms with van der Waals surface area (Å²) in [5.41, 5.74) is 5.57. The highest BCUT2D eigenvalue weighted by molar-refractivity contribution is 5.76. The van der Waals surface area contributed by atoms with Crippen molar-refractivity contribution in [2.45, 2.75) is 26.7 Å².